The number of nitrogens with zero attached hydrogens (tertiary/aromatic N) is 3. The molecule has 0 aliphatic heterocycles. The first-order valence-corrected chi connectivity index (χ1v) is 8.32. The van der Waals surface area contributed by atoms with Gasteiger partial charge in [0.25, 0.3) is 10.0 Å². The summed E-state index contributed by atoms with van der Waals surface area (Å²) < 4.78 is 27.6. The molecule has 0 fully saturated rings. The highest BCUT2D eigenvalue weighted by Crippen LogP contribution is 2.21. The summed E-state index contributed by atoms with van der Waals surface area (Å²) in [6.07, 6.45) is 0. The van der Waals surface area contributed by atoms with Crippen LogP contribution in [0.4, 0.5) is 11.4 Å². The van der Waals surface area contributed by atoms with Crippen molar-refractivity contribution in [2.75, 3.05) is 11.9 Å². The fraction of sp³-hybridized carbons (Fsp3) is 0.188. The van der Waals surface area contributed by atoms with Gasteiger partial charge in [0.15, 0.2) is 0 Å². The zero-order valence-electron chi connectivity index (χ0n) is 13.1. The number of carbonyl (C=O) groups excluding carboxylic acids is 1. The van der Waals surface area contributed by atoms with Crippen molar-refractivity contribution in [1.29, 1.82) is 0 Å². The van der Waals surface area contributed by atoms with E-state index in [-0.39, 0.29) is 10.8 Å². The molecule has 0 aromatic heterocycles. The van der Waals surface area contributed by atoms with Crippen molar-refractivity contribution in [3.8, 4) is 0 Å². The van der Waals surface area contributed by atoms with Gasteiger partial charge in [-0.2, -0.15) is 8.42 Å². The van der Waals surface area contributed by atoms with Crippen molar-refractivity contribution in [2.45, 2.75) is 18.7 Å². The first kappa shape index (κ1) is 16.8. The van der Waals surface area contributed by atoms with Crippen LogP contribution >= 0.6 is 0 Å². The van der Waals surface area contributed by atoms with Crippen molar-refractivity contribution in [1.82, 2.24) is 0 Å². The van der Waals surface area contributed by atoms with Gasteiger partial charge in [0.1, 0.15) is 0 Å². The highest BCUT2D eigenvalue weighted by molar-refractivity contribution is 7.90. The monoisotopic (exact) mass is 331 g/mol. The molecule has 0 saturated carbocycles. The average molecular weight is 331 g/mol. The van der Waals surface area contributed by atoms with Crippen LogP contribution in [0.5, 0.6) is 0 Å². The Morgan fingerprint density at radius 3 is 2.09 bits per heavy atom. The molecule has 6 nitrogen and oxygen atoms in total. The molecule has 2 aromatic rings. The Hall–Kier alpha value is -2.54. The largest absolute Gasteiger partial charge is 0.316 e. The summed E-state index contributed by atoms with van der Waals surface area (Å²) in [7, 11) is -2.17. The maximum absolute atomic E-state index is 12.1. The zero-order valence-corrected chi connectivity index (χ0v) is 13.9. The van der Waals surface area contributed by atoms with Crippen LogP contribution < -0.4 is 4.90 Å². The molecule has 0 aliphatic carbocycles. The van der Waals surface area contributed by atoms with E-state index >= 15 is 0 Å². The van der Waals surface area contributed by atoms with Crippen LogP contribution in [-0.2, 0) is 14.8 Å². The van der Waals surface area contributed by atoms with E-state index in [1.54, 1.807) is 43.4 Å². The van der Waals surface area contributed by atoms with Crippen LogP contribution in [0, 0.1) is 6.92 Å². The van der Waals surface area contributed by atoms with E-state index < -0.39 is 10.0 Å². The number of aryl methyl sites for hydroxylation is 1. The summed E-state index contributed by atoms with van der Waals surface area (Å²) in [6, 6.07) is 12.9. The fourth-order valence-electron chi connectivity index (χ4n) is 1.78. The molecule has 0 bridgehead atoms. The summed E-state index contributed by atoms with van der Waals surface area (Å²) in [4.78, 5) is 12.8. The predicted octanol–water partition coefficient (Wildman–Crippen LogP) is 3.45. The van der Waals surface area contributed by atoms with Gasteiger partial charge in [0.2, 0.25) is 5.91 Å². The lowest BCUT2D eigenvalue weighted by Crippen LogP contribution is -2.22. The Morgan fingerprint density at radius 2 is 1.57 bits per heavy atom. The normalized spacial score (nSPS) is 11.6. The highest BCUT2D eigenvalue weighted by atomic mass is 32.2. The minimum atomic E-state index is -3.82. The molecule has 1 amide bonds. The van der Waals surface area contributed by atoms with Gasteiger partial charge in [-0.3, -0.25) is 4.79 Å². The van der Waals surface area contributed by atoms with Gasteiger partial charge in [-0.15, -0.1) is 5.11 Å². The second-order valence-corrected chi connectivity index (χ2v) is 6.65. The summed E-state index contributed by atoms with van der Waals surface area (Å²) in [5.74, 6) is -0.0960. The molecule has 23 heavy (non-hydrogen) atoms. The number of anilines is 1. The lowest BCUT2D eigenvalue weighted by atomic mass is 10.2. The third kappa shape index (κ3) is 4.23. The molecule has 0 N–H and O–H groups in total. The minimum absolute atomic E-state index is 0.0960. The molecule has 120 valence electrons. The maximum Gasteiger partial charge on any atom is 0.299 e. The van der Waals surface area contributed by atoms with Gasteiger partial charge in [0.05, 0.1) is 10.6 Å². The van der Waals surface area contributed by atoms with Crippen LogP contribution in [0.25, 0.3) is 0 Å². The number of sulfonamides is 1. The van der Waals surface area contributed by atoms with E-state index in [4.69, 9.17) is 0 Å². The Labute approximate surface area is 135 Å². The van der Waals surface area contributed by atoms with Crippen molar-refractivity contribution in [3.05, 3.63) is 54.1 Å². The van der Waals surface area contributed by atoms with E-state index in [1.807, 2.05) is 6.92 Å². The molecule has 0 atom stereocenters. The first-order chi connectivity index (χ1) is 10.8. The second kappa shape index (κ2) is 6.70. The number of carbonyl (C=O) groups is 1. The van der Waals surface area contributed by atoms with Crippen molar-refractivity contribution < 1.29 is 13.2 Å². The Balaban J connectivity index is 2.19. The smallest absolute Gasteiger partial charge is 0.299 e. The van der Waals surface area contributed by atoms with Crippen LogP contribution in [0.2, 0.25) is 0 Å². The van der Waals surface area contributed by atoms with Crippen LogP contribution in [-0.4, -0.2) is 21.4 Å². The second-order valence-electron chi connectivity index (χ2n) is 5.06. The third-order valence-corrected chi connectivity index (χ3v) is 4.46. The molecular formula is C16H17N3O3S. The SMILES string of the molecule is CC(=O)N(C)c1ccc(N=NS(=O)(=O)c2ccc(C)cc2)cc1. The van der Waals surface area contributed by atoms with E-state index in [9.17, 15) is 13.2 Å². The quantitative estimate of drug-likeness (QED) is 0.805. The van der Waals surface area contributed by atoms with Crippen LogP contribution in [0.3, 0.4) is 0 Å². The van der Waals surface area contributed by atoms with Crippen molar-refractivity contribution >= 4 is 27.3 Å². The molecule has 0 heterocycles. The number of hydrogen-bond donors (Lipinski definition) is 0. The molecule has 2 rings (SSSR count). The van der Waals surface area contributed by atoms with E-state index in [0.717, 1.165) is 5.56 Å². The van der Waals surface area contributed by atoms with E-state index in [1.165, 1.54) is 24.0 Å². The maximum atomic E-state index is 12.1. The standard InChI is InChI=1S/C16H17N3O3S/c1-12-4-10-16(11-5-12)23(21,22)18-17-14-6-8-15(9-7-14)19(3)13(2)20/h4-11H,1-3H3. The molecule has 0 radical (unpaired) electrons. The molecule has 0 unspecified atom stereocenters. The Kier molecular flexibility index (Phi) is 4.90. The highest BCUT2D eigenvalue weighted by Gasteiger charge is 2.12. The number of hydrogen-bond acceptors (Lipinski definition) is 4. The van der Waals surface area contributed by atoms with Crippen LogP contribution in [0.1, 0.15) is 12.5 Å². The summed E-state index contributed by atoms with van der Waals surface area (Å²) >= 11 is 0. The van der Waals surface area contributed by atoms with Crippen LogP contribution in [0.15, 0.2) is 63.1 Å². The Bertz CT molecular complexity index is 826. The lowest BCUT2D eigenvalue weighted by molar-refractivity contribution is -0.116. The van der Waals surface area contributed by atoms with Gasteiger partial charge >= 0.3 is 0 Å². The van der Waals surface area contributed by atoms with Gasteiger partial charge in [-0.25, -0.2) is 0 Å². The summed E-state index contributed by atoms with van der Waals surface area (Å²) in [5, 5.41) is 3.76. The van der Waals surface area contributed by atoms with Gasteiger partial charge in [0, 0.05) is 19.7 Å². The van der Waals surface area contributed by atoms with Gasteiger partial charge in [-0.05, 0) is 43.3 Å². The molecule has 7 heteroatoms. The topological polar surface area (TPSA) is 79.2 Å². The van der Waals surface area contributed by atoms with Gasteiger partial charge < -0.3 is 4.90 Å². The lowest BCUT2D eigenvalue weighted by Gasteiger charge is -2.14. The number of rotatable bonds is 4. The van der Waals surface area contributed by atoms with E-state index in [0.29, 0.717) is 11.4 Å². The molecule has 2 aromatic carbocycles. The molecule has 0 saturated heterocycles. The summed E-state index contributed by atoms with van der Waals surface area (Å²) in [5.41, 5.74) is 2.05. The fourth-order valence-corrected chi connectivity index (χ4v) is 2.56. The molecule has 0 spiro atoms. The molecular weight excluding hydrogens is 314 g/mol. The van der Waals surface area contributed by atoms with Gasteiger partial charge in [-0.1, -0.05) is 22.2 Å². The van der Waals surface area contributed by atoms with Crippen molar-refractivity contribution in [3.63, 3.8) is 0 Å². The third-order valence-electron chi connectivity index (χ3n) is 3.29. The average Bonchev–Trinajstić information content (AvgIpc) is 2.53. The molecule has 0 aliphatic rings. The Morgan fingerprint density at radius 1 is 1.00 bits per heavy atom. The number of amides is 1. The predicted molar refractivity (Wildman–Crippen MR) is 88.4 cm³/mol. The first-order valence-electron chi connectivity index (χ1n) is 6.88. The minimum Gasteiger partial charge on any atom is -0.316 e. The summed E-state index contributed by atoms with van der Waals surface area (Å²) in [6.45, 7) is 3.33. The van der Waals surface area contributed by atoms with Crippen molar-refractivity contribution in [2.24, 2.45) is 9.63 Å². The number of benzene rings is 2. The zero-order chi connectivity index (χ0) is 17.0. The van der Waals surface area contributed by atoms with E-state index in [2.05, 4.69) is 9.63 Å².